The number of rotatable bonds is 4. The Morgan fingerprint density at radius 3 is 2.50 bits per heavy atom. The summed E-state index contributed by atoms with van der Waals surface area (Å²) in [6, 6.07) is 2.55. The van der Waals surface area contributed by atoms with Crippen LogP contribution in [0.5, 0.6) is 0 Å². The molecular weight excluding hydrogens is 268 g/mol. The fourth-order valence-corrected chi connectivity index (χ4v) is 3.47. The third kappa shape index (κ3) is 3.46. The molecule has 20 heavy (non-hydrogen) atoms. The molecule has 1 heterocycles. The van der Waals surface area contributed by atoms with Crippen molar-refractivity contribution in [2.45, 2.75) is 65.8 Å². The average molecular weight is 295 g/mol. The van der Waals surface area contributed by atoms with E-state index in [1.54, 1.807) is 6.20 Å². The van der Waals surface area contributed by atoms with E-state index >= 15 is 0 Å². The Morgan fingerprint density at radius 2 is 1.95 bits per heavy atom. The van der Waals surface area contributed by atoms with Crippen molar-refractivity contribution in [3.8, 4) is 0 Å². The van der Waals surface area contributed by atoms with E-state index in [2.05, 4.69) is 38.0 Å². The first kappa shape index (κ1) is 15.6. The van der Waals surface area contributed by atoms with Gasteiger partial charge in [0.15, 0.2) is 5.15 Å². The average Bonchev–Trinajstić information content (AvgIpc) is 2.43. The number of nitrogens with zero attached hydrogens (tertiary/aromatic N) is 1. The van der Waals surface area contributed by atoms with Crippen LogP contribution in [0.1, 0.15) is 58.4 Å². The highest BCUT2D eigenvalue weighted by molar-refractivity contribution is 6.32. The minimum absolute atomic E-state index is 0.479. The van der Waals surface area contributed by atoms with Gasteiger partial charge in [-0.1, -0.05) is 38.8 Å². The van der Waals surface area contributed by atoms with Crippen LogP contribution in [0.3, 0.4) is 0 Å². The molecule has 1 aliphatic carbocycles. The van der Waals surface area contributed by atoms with E-state index in [0.29, 0.717) is 16.6 Å². The van der Waals surface area contributed by atoms with Crippen molar-refractivity contribution < 1.29 is 0 Å². The molecule has 0 bridgehead atoms. The number of pyridine rings is 1. The monoisotopic (exact) mass is 294 g/mol. The molecule has 2 nitrogen and oxygen atoms in total. The van der Waals surface area contributed by atoms with E-state index in [-0.39, 0.29) is 0 Å². The zero-order valence-corrected chi connectivity index (χ0v) is 13.9. The van der Waals surface area contributed by atoms with Crippen LogP contribution in [0.2, 0.25) is 5.15 Å². The van der Waals surface area contributed by atoms with Gasteiger partial charge in [-0.2, -0.15) is 0 Å². The summed E-state index contributed by atoms with van der Waals surface area (Å²) in [5, 5.41) is 4.21. The standard InChI is InChI=1S/C17H27ClN2/c1-5-17(3,4)13-6-8-14(9-7-13)20-15-12(2)10-11-19-16(15)18/h10-11,13-14,20H,5-9H2,1-4H3. The van der Waals surface area contributed by atoms with Gasteiger partial charge in [-0.05, 0) is 55.6 Å². The highest BCUT2D eigenvalue weighted by atomic mass is 35.5. The van der Waals surface area contributed by atoms with Crippen molar-refractivity contribution in [2.75, 3.05) is 5.32 Å². The molecule has 1 saturated carbocycles. The van der Waals surface area contributed by atoms with Crippen LogP contribution in [-0.2, 0) is 0 Å². The Balaban J connectivity index is 1.95. The Bertz CT molecular complexity index is 428. The van der Waals surface area contributed by atoms with Gasteiger partial charge in [0, 0.05) is 12.2 Å². The maximum Gasteiger partial charge on any atom is 0.152 e. The molecule has 0 atom stereocenters. The molecule has 3 heteroatoms. The van der Waals surface area contributed by atoms with Gasteiger partial charge in [0.05, 0.1) is 5.69 Å². The predicted octanol–water partition coefficient (Wildman–Crippen LogP) is 5.45. The first-order chi connectivity index (χ1) is 9.44. The van der Waals surface area contributed by atoms with E-state index in [1.165, 1.54) is 37.7 Å². The molecule has 0 radical (unpaired) electrons. The minimum atomic E-state index is 0.479. The number of hydrogen-bond donors (Lipinski definition) is 1. The van der Waals surface area contributed by atoms with E-state index in [0.717, 1.165) is 11.6 Å². The number of hydrogen-bond acceptors (Lipinski definition) is 2. The summed E-state index contributed by atoms with van der Waals surface area (Å²) < 4.78 is 0. The summed E-state index contributed by atoms with van der Waals surface area (Å²) in [5.41, 5.74) is 2.68. The number of aryl methyl sites for hydroxylation is 1. The quantitative estimate of drug-likeness (QED) is 0.747. The highest BCUT2D eigenvalue weighted by Gasteiger charge is 2.31. The Labute approximate surface area is 128 Å². The summed E-state index contributed by atoms with van der Waals surface area (Å²) >= 11 is 6.20. The zero-order valence-electron chi connectivity index (χ0n) is 13.2. The van der Waals surface area contributed by atoms with E-state index < -0.39 is 0 Å². The van der Waals surface area contributed by atoms with Crippen molar-refractivity contribution >= 4 is 17.3 Å². The lowest BCUT2D eigenvalue weighted by Gasteiger charge is -2.39. The van der Waals surface area contributed by atoms with Gasteiger partial charge >= 0.3 is 0 Å². The van der Waals surface area contributed by atoms with Crippen molar-refractivity contribution in [3.63, 3.8) is 0 Å². The second kappa shape index (κ2) is 6.34. The number of halogens is 1. The van der Waals surface area contributed by atoms with Crippen molar-refractivity contribution in [1.82, 2.24) is 4.98 Å². The van der Waals surface area contributed by atoms with Crippen LogP contribution < -0.4 is 5.32 Å². The Hall–Kier alpha value is -0.760. The van der Waals surface area contributed by atoms with Gasteiger partial charge in [-0.15, -0.1) is 0 Å². The van der Waals surface area contributed by atoms with Crippen molar-refractivity contribution in [3.05, 3.63) is 23.0 Å². The molecule has 1 aromatic heterocycles. The molecule has 2 rings (SSSR count). The predicted molar refractivity (Wildman–Crippen MR) is 87.4 cm³/mol. The van der Waals surface area contributed by atoms with Crippen LogP contribution in [0.25, 0.3) is 0 Å². The topological polar surface area (TPSA) is 24.9 Å². The van der Waals surface area contributed by atoms with Gasteiger partial charge in [0.25, 0.3) is 0 Å². The maximum absolute atomic E-state index is 6.20. The fourth-order valence-electron chi connectivity index (χ4n) is 3.21. The zero-order chi connectivity index (χ0) is 14.8. The number of nitrogens with one attached hydrogen (secondary N) is 1. The molecule has 1 aliphatic rings. The molecule has 0 unspecified atom stereocenters. The van der Waals surface area contributed by atoms with Crippen LogP contribution >= 0.6 is 11.6 Å². The normalized spacial score (nSPS) is 23.6. The third-order valence-corrected chi connectivity index (χ3v) is 5.49. The highest BCUT2D eigenvalue weighted by Crippen LogP contribution is 2.41. The molecule has 0 saturated heterocycles. The van der Waals surface area contributed by atoms with Crippen LogP contribution in [0, 0.1) is 18.3 Å². The van der Waals surface area contributed by atoms with Crippen LogP contribution in [-0.4, -0.2) is 11.0 Å². The van der Waals surface area contributed by atoms with Crippen LogP contribution in [0.4, 0.5) is 5.69 Å². The maximum atomic E-state index is 6.20. The smallest absolute Gasteiger partial charge is 0.152 e. The lowest BCUT2D eigenvalue weighted by Crippen LogP contribution is -2.33. The Morgan fingerprint density at radius 1 is 1.30 bits per heavy atom. The molecule has 0 amide bonds. The van der Waals surface area contributed by atoms with E-state index in [4.69, 9.17) is 11.6 Å². The lowest BCUT2D eigenvalue weighted by atomic mass is 9.69. The SMILES string of the molecule is CCC(C)(C)C1CCC(Nc2c(C)ccnc2Cl)CC1. The molecular formula is C17H27ClN2. The fraction of sp³-hybridized carbons (Fsp3) is 0.706. The summed E-state index contributed by atoms with van der Waals surface area (Å²) in [6.45, 7) is 9.21. The first-order valence-electron chi connectivity index (χ1n) is 7.81. The molecule has 1 aromatic rings. The van der Waals surface area contributed by atoms with E-state index in [9.17, 15) is 0 Å². The summed E-state index contributed by atoms with van der Waals surface area (Å²) in [6.07, 6.45) is 8.13. The third-order valence-electron chi connectivity index (χ3n) is 5.21. The second-order valence-corrected chi connectivity index (χ2v) is 7.19. The summed E-state index contributed by atoms with van der Waals surface area (Å²) in [7, 11) is 0. The minimum Gasteiger partial charge on any atom is -0.380 e. The van der Waals surface area contributed by atoms with Crippen LogP contribution in [0.15, 0.2) is 12.3 Å². The van der Waals surface area contributed by atoms with Crippen molar-refractivity contribution in [1.29, 1.82) is 0 Å². The summed E-state index contributed by atoms with van der Waals surface area (Å²) in [4.78, 5) is 4.18. The van der Waals surface area contributed by atoms with Gasteiger partial charge in [-0.25, -0.2) is 4.98 Å². The lowest BCUT2D eigenvalue weighted by molar-refractivity contribution is 0.147. The molecule has 0 aliphatic heterocycles. The Kier molecular flexibility index (Phi) is 4.95. The van der Waals surface area contributed by atoms with Gasteiger partial charge < -0.3 is 5.32 Å². The molecule has 112 valence electrons. The number of aromatic nitrogens is 1. The van der Waals surface area contributed by atoms with E-state index in [1.807, 2.05) is 6.07 Å². The second-order valence-electron chi connectivity index (χ2n) is 6.83. The summed E-state index contributed by atoms with van der Waals surface area (Å²) in [5.74, 6) is 0.857. The van der Waals surface area contributed by atoms with Gasteiger partial charge in [0.2, 0.25) is 0 Å². The largest absolute Gasteiger partial charge is 0.380 e. The molecule has 1 N–H and O–H groups in total. The van der Waals surface area contributed by atoms with Gasteiger partial charge in [0.1, 0.15) is 0 Å². The molecule has 0 aromatic carbocycles. The van der Waals surface area contributed by atoms with Crippen molar-refractivity contribution in [2.24, 2.45) is 11.3 Å². The first-order valence-corrected chi connectivity index (χ1v) is 8.19. The van der Waals surface area contributed by atoms with Gasteiger partial charge in [-0.3, -0.25) is 0 Å². The molecule has 1 fully saturated rings. The number of anilines is 1. The molecule has 0 spiro atoms.